The number of nitrogens with zero attached hydrogens (tertiary/aromatic N) is 7. The number of imidazole rings is 1. The fourth-order valence-electron chi connectivity index (χ4n) is 4.08. The number of benzene rings is 1. The Balaban J connectivity index is 1.49. The standard InChI is InChI=1S/C25H25BN8/c1-17-7-6-9-20(29-17)25-24(19-11-12-23-27-16-28-34(23)14-19)30-22(31-25)15-33(26)13-18-8-4-5-10-21(18)32(2)3/h4-12,14,16H,13,15H2,1-3H3,(H,30,31). The van der Waals surface area contributed by atoms with E-state index in [4.69, 9.17) is 17.9 Å². The van der Waals surface area contributed by atoms with E-state index in [-0.39, 0.29) is 0 Å². The van der Waals surface area contributed by atoms with E-state index in [2.05, 4.69) is 32.1 Å². The van der Waals surface area contributed by atoms with Gasteiger partial charge >= 0.3 is 0 Å². The van der Waals surface area contributed by atoms with Gasteiger partial charge in [-0.25, -0.2) is 14.5 Å². The second-order valence-corrected chi connectivity index (χ2v) is 8.48. The van der Waals surface area contributed by atoms with Crippen LogP contribution in [0.4, 0.5) is 5.69 Å². The molecule has 0 saturated carbocycles. The normalized spacial score (nSPS) is 11.4. The summed E-state index contributed by atoms with van der Waals surface area (Å²) in [5.74, 6) is 0.761. The molecular formula is C25H25BN8. The number of rotatable bonds is 7. The van der Waals surface area contributed by atoms with Crippen molar-refractivity contribution in [2.75, 3.05) is 19.0 Å². The van der Waals surface area contributed by atoms with Gasteiger partial charge in [0.2, 0.25) is 0 Å². The van der Waals surface area contributed by atoms with Gasteiger partial charge in [0.1, 0.15) is 12.2 Å². The number of H-pyrrole nitrogens is 1. The van der Waals surface area contributed by atoms with Crippen molar-refractivity contribution >= 4 is 19.3 Å². The SMILES string of the molecule is [B]N(Cc1nc(-c2ccc3ncnn3c2)c(-c2cccc(C)n2)[nH]1)Cc1ccccc1N(C)C. The summed E-state index contributed by atoms with van der Waals surface area (Å²) in [6.45, 7) is 3.02. The molecule has 1 N–H and O–H groups in total. The third-order valence-corrected chi connectivity index (χ3v) is 5.64. The van der Waals surface area contributed by atoms with Gasteiger partial charge in [-0.15, -0.1) is 0 Å². The maximum absolute atomic E-state index is 6.44. The number of aromatic nitrogens is 6. The monoisotopic (exact) mass is 448 g/mol. The summed E-state index contributed by atoms with van der Waals surface area (Å²) in [4.78, 5) is 21.2. The molecular weight excluding hydrogens is 423 g/mol. The minimum absolute atomic E-state index is 0.451. The molecule has 4 heterocycles. The van der Waals surface area contributed by atoms with Gasteiger partial charge < -0.3 is 14.7 Å². The smallest absolute Gasteiger partial charge is 0.183 e. The van der Waals surface area contributed by atoms with E-state index in [1.165, 1.54) is 6.33 Å². The summed E-state index contributed by atoms with van der Waals surface area (Å²) in [7, 11) is 10.5. The van der Waals surface area contributed by atoms with Gasteiger partial charge in [0.25, 0.3) is 0 Å². The third-order valence-electron chi connectivity index (χ3n) is 5.64. The molecule has 5 rings (SSSR count). The van der Waals surface area contributed by atoms with Crippen LogP contribution in [0.15, 0.2) is 67.1 Å². The Bertz CT molecular complexity index is 1440. The van der Waals surface area contributed by atoms with Gasteiger partial charge in [-0.2, -0.15) is 5.10 Å². The summed E-state index contributed by atoms with van der Waals surface area (Å²) >= 11 is 0. The highest BCUT2D eigenvalue weighted by Crippen LogP contribution is 2.30. The minimum Gasteiger partial charge on any atom is -0.377 e. The molecule has 34 heavy (non-hydrogen) atoms. The molecule has 0 atom stereocenters. The Hall–Kier alpha value is -3.98. The number of aromatic amines is 1. The molecule has 0 fully saturated rings. The fraction of sp³-hybridized carbons (Fsp3) is 0.200. The number of hydrogen-bond acceptors (Lipinski definition) is 6. The van der Waals surface area contributed by atoms with Crippen molar-refractivity contribution < 1.29 is 0 Å². The summed E-state index contributed by atoms with van der Waals surface area (Å²) in [5.41, 5.74) is 7.40. The number of anilines is 1. The lowest BCUT2D eigenvalue weighted by atomic mass is 10.1. The van der Waals surface area contributed by atoms with Crippen molar-refractivity contribution in [1.29, 1.82) is 0 Å². The molecule has 0 unspecified atom stereocenters. The lowest BCUT2D eigenvalue weighted by molar-refractivity contribution is 0.432. The van der Waals surface area contributed by atoms with Crippen molar-refractivity contribution in [3.63, 3.8) is 0 Å². The van der Waals surface area contributed by atoms with Crippen LogP contribution in [-0.4, -0.2) is 56.4 Å². The van der Waals surface area contributed by atoms with Crippen LogP contribution in [0.2, 0.25) is 0 Å². The Morgan fingerprint density at radius 2 is 1.82 bits per heavy atom. The zero-order chi connectivity index (χ0) is 23.7. The molecule has 0 spiro atoms. The van der Waals surface area contributed by atoms with Crippen LogP contribution < -0.4 is 4.90 Å². The van der Waals surface area contributed by atoms with Crippen molar-refractivity contribution in [3.8, 4) is 22.6 Å². The first kappa shape index (κ1) is 21.8. The van der Waals surface area contributed by atoms with E-state index in [1.54, 1.807) is 9.33 Å². The van der Waals surface area contributed by atoms with Crippen LogP contribution in [0.25, 0.3) is 28.3 Å². The van der Waals surface area contributed by atoms with Crippen LogP contribution in [0.3, 0.4) is 0 Å². The molecule has 5 aromatic rings. The quantitative estimate of drug-likeness (QED) is 0.383. The molecule has 0 aliphatic rings. The van der Waals surface area contributed by atoms with Gasteiger partial charge in [-0.05, 0) is 42.8 Å². The van der Waals surface area contributed by atoms with Crippen LogP contribution in [-0.2, 0) is 13.1 Å². The number of fused-ring (bicyclic) bond motifs is 1. The lowest BCUT2D eigenvalue weighted by Gasteiger charge is -2.22. The Kier molecular flexibility index (Phi) is 5.85. The van der Waals surface area contributed by atoms with Gasteiger partial charge in [-0.3, -0.25) is 4.98 Å². The largest absolute Gasteiger partial charge is 0.377 e. The Labute approximate surface area is 199 Å². The highest BCUT2D eigenvalue weighted by molar-refractivity contribution is 6.04. The zero-order valence-electron chi connectivity index (χ0n) is 19.5. The summed E-state index contributed by atoms with van der Waals surface area (Å²) in [5, 5.41) is 4.27. The van der Waals surface area contributed by atoms with Crippen molar-refractivity contribution in [2.45, 2.75) is 20.0 Å². The van der Waals surface area contributed by atoms with Crippen molar-refractivity contribution in [3.05, 3.63) is 84.2 Å². The fourth-order valence-corrected chi connectivity index (χ4v) is 4.08. The second-order valence-electron chi connectivity index (χ2n) is 8.48. The maximum atomic E-state index is 6.44. The molecule has 0 bridgehead atoms. The van der Waals surface area contributed by atoms with E-state index < -0.39 is 0 Å². The van der Waals surface area contributed by atoms with Gasteiger partial charge in [-0.1, -0.05) is 24.3 Å². The van der Waals surface area contributed by atoms with E-state index in [1.807, 2.05) is 69.7 Å². The number of aryl methyl sites for hydroxylation is 1. The predicted molar refractivity (Wildman–Crippen MR) is 134 cm³/mol. The Morgan fingerprint density at radius 1 is 0.971 bits per heavy atom. The molecule has 0 aliphatic heterocycles. The lowest BCUT2D eigenvalue weighted by Crippen LogP contribution is -2.22. The number of hydrogen-bond donors (Lipinski definition) is 1. The van der Waals surface area contributed by atoms with Gasteiger partial charge in [0, 0.05) is 50.3 Å². The summed E-state index contributed by atoms with van der Waals surface area (Å²) in [6.07, 6.45) is 3.46. The van der Waals surface area contributed by atoms with Crippen molar-refractivity contribution in [2.24, 2.45) is 0 Å². The molecule has 0 amide bonds. The predicted octanol–water partition coefficient (Wildman–Crippen LogP) is 3.64. The molecule has 8 nitrogen and oxygen atoms in total. The number of nitrogens with one attached hydrogen (secondary N) is 1. The summed E-state index contributed by atoms with van der Waals surface area (Å²) < 4.78 is 1.74. The minimum atomic E-state index is 0.451. The van der Waals surface area contributed by atoms with E-state index >= 15 is 0 Å². The van der Waals surface area contributed by atoms with E-state index in [0.29, 0.717) is 13.1 Å². The van der Waals surface area contributed by atoms with Crippen LogP contribution >= 0.6 is 0 Å². The average Bonchev–Trinajstić information content (AvgIpc) is 3.45. The topological polar surface area (TPSA) is 78.2 Å². The molecule has 0 saturated heterocycles. The van der Waals surface area contributed by atoms with Gasteiger partial charge in [0.15, 0.2) is 13.6 Å². The van der Waals surface area contributed by atoms with Gasteiger partial charge in [0.05, 0.1) is 17.1 Å². The third kappa shape index (κ3) is 4.42. The van der Waals surface area contributed by atoms with Crippen LogP contribution in [0.5, 0.6) is 0 Å². The highest BCUT2D eigenvalue weighted by Gasteiger charge is 2.17. The van der Waals surface area contributed by atoms with Crippen LogP contribution in [0, 0.1) is 6.92 Å². The molecule has 4 aromatic heterocycles. The zero-order valence-corrected chi connectivity index (χ0v) is 19.5. The molecule has 9 heteroatoms. The molecule has 2 radical (unpaired) electrons. The summed E-state index contributed by atoms with van der Waals surface area (Å²) in [6, 6.07) is 18.1. The maximum Gasteiger partial charge on any atom is 0.183 e. The van der Waals surface area contributed by atoms with Crippen molar-refractivity contribution in [1.82, 2.24) is 34.4 Å². The first-order chi connectivity index (χ1) is 16.5. The molecule has 1 aromatic carbocycles. The molecule has 168 valence electrons. The van der Waals surface area contributed by atoms with E-state index in [9.17, 15) is 0 Å². The first-order valence-electron chi connectivity index (χ1n) is 11.1. The van der Waals surface area contributed by atoms with Crippen LogP contribution in [0.1, 0.15) is 17.1 Å². The molecule has 0 aliphatic carbocycles. The Morgan fingerprint density at radius 3 is 2.65 bits per heavy atom. The first-order valence-corrected chi connectivity index (χ1v) is 11.1. The average molecular weight is 448 g/mol. The number of para-hydroxylation sites is 1. The second kappa shape index (κ2) is 9.11. The highest BCUT2D eigenvalue weighted by atomic mass is 15.3. The number of pyridine rings is 2. The van der Waals surface area contributed by atoms with E-state index in [0.717, 1.165) is 51.1 Å².